The normalized spacial score (nSPS) is 15.0. The molecule has 0 radical (unpaired) electrons. The molecule has 0 saturated heterocycles. The van der Waals surface area contributed by atoms with Crippen molar-refractivity contribution >= 4 is 5.91 Å². The fourth-order valence-electron chi connectivity index (χ4n) is 3.66. The number of benzene rings is 2. The molecule has 8 heteroatoms. The summed E-state index contributed by atoms with van der Waals surface area (Å²) >= 11 is 0. The van der Waals surface area contributed by atoms with Crippen molar-refractivity contribution in [2.75, 3.05) is 48.6 Å². The molecular formula is C22H28N2O6. The number of nitrogens with one attached hydrogen (secondary N) is 2. The number of hydrogen-bond acceptors (Lipinski definition) is 7. The maximum atomic E-state index is 12.8. The molecule has 1 heterocycles. The minimum atomic E-state index is -0.233. The van der Waals surface area contributed by atoms with Gasteiger partial charge in [0.05, 0.1) is 41.6 Å². The van der Waals surface area contributed by atoms with E-state index in [1.165, 1.54) is 26.9 Å². The number of amides is 1. The summed E-state index contributed by atoms with van der Waals surface area (Å²) in [5, 5.41) is 6.44. The summed E-state index contributed by atoms with van der Waals surface area (Å²) in [4.78, 5) is 12.8. The van der Waals surface area contributed by atoms with E-state index in [1.54, 1.807) is 26.4 Å². The van der Waals surface area contributed by atoms with Gasteiger partial charge in [0.25, 0.3) is 5.91 Å². The molecule has 0 aliphatic carbocycles. The molecule has 1 atom stereocenters. The highest BCUT2D eigenvalue weighted by atomic mass is 16.5. The molecule has 0 aromatic heterocycles. The Hall–Kier alpha value is -3.13. The number of fused-ring (bicyclic) bond motifs is 1. The zero-order valence-corrected chi connectivity index (χ0v) is 18.0. The van der Waals surface area contributed by atoms with Crippen LogP contribution in [-0.2, 0) is 6.42 Å². The maximum absolute atomic E-state index is 12.8. The summed E-state index contributed by atoms with van der Waals surface area (Å²) in [6.45, 7) is 1.23. The molecule has 8 nitrogen and oxygen atoms in total. The highest BCUT2D eigenvalue weighted by Gasteiger charge is 2.24. The molecule has 1 aliphatic rings. The van der Waals surface area contributed by atoms with Gasteiger partial charge in [-0.15, -0.1) is 0 Å². The average Bonchev–Trinajstić information content (AvgIpc) is 2.80. The van der Waals surface area contributed by atoms with Gasteiger partial charge in [-0.2, -0.15) is 0 Å². The van der Waals surface area contributed by atoms with Crippen molar-refractivity contribution in [2.24, 2.45) is 0 Å². The number of hydrogen-bond donors (Lipinski definition) is 2. The number of ether oxygens (including phenoxy) is 5. The molecule has 1 amide bonds. The van der Waals surface area contributed by atoms with Crippen LogP contribution in [0.5, 0.6) is 28.7 Å². The SMILES string of the molecule is COc1cc2c(cc1OC)C(CNC(=O)c1cc(OC)c(OC)c(OC)c1)NCC2. The zero-order chi connectivity index (χ0) is 21.7. The molecule has 162 valence electrons. The van der Waals surface area contributed by atoms with E-state index in [1.807, 2.05) is 12.1 Å². The smallest absolute Gasteiger partial charge is 0.251 e. The van der Waals surface area contributed by atoms with Crippen molar-refractivity contribution < 1.29 is 28.5 Å². The first-order valence-electron chi connectivity index (χ1n) is 9.62. The Labute approximate surface area is 176 Å². The van der Waals surface area contributed by atoms with Crippen LogP contribution in [0.3, 0.4) is 0 Å². The van der Waals surface area contributed by atoms with Crippen LogP contribution in [0, 0.1) is 0 Å². The highest BCUT2D eigenvalue weighted by molar-refractivity contribution is 5.95. The summed E-state index contributed by atoms with van der Waals surface area (Å²) in [7, 11) is 7.80. The van der Waals surface area contributed by atoms with Crippen LogP contribution < -0.4 is 34.3 Å². The number of carbonyl (C=O) groups is 1. The molecule has 3 rings (SSSR count). The molecule has 2 aromatic carbocycles. The van der Waals surface area contributed by atoms with E-state index in [9.17, 15) is 4.79 Å². The average molecular weight is 416 g/mol. The van der Waals surface area contributed by atoms with E-state index >= 15 is 0 Å². The third-order valence-corrected chi connectivity index (χ3v) is 5.20. The van der Waals surface area contributed by atoms with Gasteiger partial charge in [-0.1, -0.05) is 0 Å². The van der Waals surface area contributed by atoms with Crippen LogP contribution in [0.15, 0.2) is 24.3 Å². The number of carbonyl (C=O) groups excluding carboxylic acids is 1. The molecular weight excluding hydrogens is 388 g/mol. The van der Waals surface area contributed by atoms with Gasteiger partial charge < -0.3 is 34.3 Å². The largest absolute Gasteiger partial charge is 0.493 e. The third kappa shape index (κ3) is 4.23. The van der Waals surface area contributed by atoms with E-state index in [-0.39, 0.29) is 11.9 Å². The van der Waals surface area contributed by atoms with Crippen molar-refractivity contribution in [3.63, 3.8) is 0 Å². The fourth-order valence-corrected chi connectivity index (χ4v) is 3.66. The molecule has 30 heavy (non-hydrogen) atoms. The molecule has 1 aliphatic heterocycles. The third-order valence-electron chi connectivity index (χ3n) is 5.20. The van der Waals surface area contributed by atoms with Crippen molar-refractivity contribution in [3.8, 4) is 28.7 Å². The van der Waals surface area contributed by atoms with Crippen molar-refractivity contribution in [3.05, 3.63) is 41.0 Å². The van der Waals surface area contributed by atoms with Crippen LogP contribution in [0.25, 0.3) is 0 Å². The molecule has 0 saturated carbocycles. The van der Waals surface area contributed by atoms with Gasteiger partial charge in [-0.05, 0) is 48.4 Å². The zero-order valence-electron chi connectivity index (χ0n) is 18.0. The standard InChI is InChI=1S/C22H28N2O6/c1-26-17-8-13-6-7-23-16(15(13)11-18(17)27-2)12-24-22(25)14-9-19(28-3)21(30-5)20(10-14)29-4/h8-11,16,23H,6-7,12H2,1-5H3,(H,24,25). The summed E-state index contributed by atoms with van der Waals surface area (Å²) < 4.78 is 26.8. The van der Waals surface area contributed by atoms with Crippen molar-refractivity contribution in [1.29, 1.82) is 0 Å². The lowest BCUT2D eigenvalue weighted by Crippen LogP contribution is -2.39. The van der Waals surface area contributed by atoms with Crippen molar-refractivity contribution in [2.45, 2.75) is 12.5 Å². The summed E-state index contributed by atoms with van der Waals surface area (Å²) in [5.41, 5.74) is 2.69. The van der Waals surface area contributed by atoms with E-state index in [0.29, 0.717) is 40.9 Å². The maximum Gasteiger partial charge on any atom is 0.251 e. The van der Waals surface area contributed by atoms with Gasteiger partial charge >= 0.3 is 0 Å². The second kappa shape index (κ2) is 9.58. The molecule has 2 aromatic rings. The predicted molar refractivity (Wildman–Crippen MR) is 112 cm³/mol. The first-order valence-corrected chi connectivity index (χ1v) is 9.62. The minimum absolute atomic E-state index is 0.0421. The van der Waals surface area contributed by atoms with Crippen LogP contribution >= 0.6 is 0 Å². The minimum Gasteiger partial charge on any atom is -0.493 e. The van der Waals surface area contributed by atoms with Gasteiger partial charge in [0.2, 0.25) is 5.75 Å². The molecule has 0 fully saturated rings. The lowest BCUT2D eigenvalue weighted by molar-refractivity contribution is 0.0948. The van der Waals surface area contributed by atoms with E-state index < -0.39 is 0 Å². The van der Waals surface area contributed by atoms with Crippen LogP contribution in [0.2, 0.25) is 0 Å². The lowest BCUT2D eigenvalue weighted by atomic mass is 9.93. The van der Waals surface area contributed by atoms with Gasteiger partial charge in [-0.25, -0.2) is 0 Å². The summed E-state index contributed by atoms with van der Waals surface area (Å²) in [5.74, 6) is 2.45. The number of rotatable bonds is 8. The van der Waals surface area contributed by atoms with Crippen LogP contribution in [0.4, 0.5) is 0 Å². The number of methoxy groups -OCH3 is 5. The van der Waals surface area contributed by atoms with E-state index in [0.717, 1.165) is 18.5 Å². The lowest BCUT2D eigenvalue weighted by Gasteiger charge is -2.28. The Morgan fingerprint density at radius 1 is 0.900 bits per heavy atom. The first-order chi connectivity index (χ1) is 14.6. The Morgan fingerprint density at radius 3 is 2.07 bits per heavy atom. The molecule has 2 N–H and O–H groups in total. The van der Waals surface area contributed by atoms with E-state index in [2.05, 4.69) is 10.6 Å². The monoisotopic (exact) mass is 416 g/mol. The van der Waals surface area contributed by atoms with E-state index in [4.69, 9.17) is 23.7 Å². The fraction of sp³-hybridized carbons (Fsp3) is 0.409. The van der Waals surface area contributed by atoms with Gasteiger partial charge in [-0.3, -0.25) is 4.79 Å². The first kappa shape index (κ1) is 21.6. The summed E-state index contributed by atoms with van der Waals surface area (Å²) in [6, 6.07) is 7.19. The van der Waals surface area contributed by atoms with Gasteiger partial charge in [0.15, 0.2) is 23.0 Å². The Kier molecular flexibility index (Phi) is 6.89. The Bertz CT molecular complexity index is 890. The molecule has 1 unspecified atom stereocenters. The molecule has 0 spiro atoms. The quantitative estimate of drug-likeness (QED) is 0.683. The second-order valence-electron chi connectivity index (χ2n) is 6.79. The van der Waals surface area contributed by atoms with Gasteiger partial charge in [0, 0.05) is 12.1 Å². The highest BCUT2D eigenvalue weighted by Crippen LogP contribution is 2.38. The predicted octanol–water partition coefficient (Wildman–Crippen LogP) is 2.35. The van der Waals surface area contributed by atoms with Crippen LogP contribution in [0.1, 0.15) is 27.5 Å². The van der Waals surface area contributed by atoms with Crippen molar-refractivity contribution in [1.82, 2.24) is 10.6 Å². The summed E-state index contributed by atoms with van der Waals surface area (Å²) in [6.07, 6.45) is 0.882. The molecule has 0 bridgehead atoms. The van der Waals surface area contributed by atoms with Gasteiger partial charge in [0.1, 0.15) is 0 Å². The van der Waals surface area contributed by atoms with Crippen LogP contribution in [-0.4, -0.2) is 54.5 Å². The second-order valence-corrected chi connectivity index (χ2v) is 6.79. The Balaban J connectivity index is 1.79. The Morgan fingerprint density at radius 2 is 1.50 bits per heavy atom. The topological polar surface area (TPSA) is 87.3 Å².